The van der Waals surface area contributed by atoms with Crippen LogP contribution in [0.3, 0.4) is 0 Å². The number of amides is 2. The number of carbonyl (C=O) groups is 2. The van der Waals surface area contributed by atoms with Crippen LogP contribution in [0.5, 0.6) is 0 Å². The fourth-order valence-electron chi connectivity index (χ4n) is 3.70. The molecule has 0 saturated carbocycles. The first-order valence-corrected chi connectivity index (χ1v) is 9.19. The Morgan fingerprint density at radius 1 is 1.27 bits per heavy atom. The average Bonchev–Trinajstić information content (AvgIpc) is 2.63. The van der Waals surface area contributed by atoms with Crippen molar-refractivity contribution >= 4 is 12.0 Å². The van der Waals surface area contributed by atoms with E-state index in [2.05, 4.69) is 22.5 Å². The minimum Gasteiger partial charge on any atom is -0.466 e. The second kappa shape index (κ2) is 7.91. The number of nitrogens with one attached hydrogen (secondary N) is 2. The second-order valence-electron chi connectivity index (χ2n) is 7.14. The molecule has 26 heavy (non-hydrogen) atoms. The van der Waals surface area contributed by atoms with Gasteiger partial charge in [-0.3, -0.25) is 4.90 Å². The van der Waals surface area contributed by atoms with Gasteiger partial charge in [0.25, 0.3) is 0 Å². The highest BCUT2D eigenvalue weighted by Gasteiger charge is 2.34. The first-order chi connectivity index (χ1) is 12.5. The van der Waals surface area contributed by atoms with Gasteiger partial charge in [-0.05, 0) is 38.8 Å². The molecule has 1 fully saturated rings. The van der Waals surface area contributed by atoms with Gasteiger partial charge in [0.05, 0.1) is 18.7 Å². The topological polar surface area (TPSA) is 70.7 Å². The van der Waals surface area contributed by atoms with Crippen LogP contribution in [0.1, 0.15) is 43.4 Å². The molecule has 2 aliphatic heterocycles. The fraction of sp³-hybridized carbons (Fsp3) is 0.500. The summed E-state index contributed by atoms with van der Waals surface area (Å²) in [4.78, 5) is 27.2. The van der Waals surface area contributed by atoms with Crippen molar-refractivity contribution in [2.75, 3.05) is 20.2 Å². The molecule has 2 heterocycles. The molecule has 1 aromatic rings. The lowest BCUT2D eigenvalue weighted by Gasteiger charge is -2.36. The van der Waals surface area contributed by atoms with Gasteiger partial charge in [0, 0.05) is 18.3 Å². The number of carbonyl (C=O) groups excluding carboxylic acids is 2. The van der Waals surface area contributed by atoms with E-state index in [0.29, 0.717) is 23.9 Å². The molecule has 6 heteroatoms. The number of methoxy groups -OCH3 is 1. The van der Waals surface area contributed by atoms with E-state index in [4.69, 9.17) is 4.74 Å². The van der Waals surface area contributed by atoms with Crippen LogP contribution in [0.2, 0.25) is 0 Å². The van der Waals surface area contributed by atoms with Crippen LogP contribution < -0.4 is 10.6 Å². The quantitative estimate of drug-likeness (QED) is 0.813. The number of likely N-dealkylation sites (tertiary alicyclic amines) is 1. The van der Waals surface area contributed by atoms with Gasteiger partial charge in [-0.15, -0.1) is 0 Å². The first kappa shape index (κ1) is 18.5. The van der Waals surface area contributed by atoms with Crippen molar-refractivity contribution in [2.24, 2.45) is 0 Å². The fourth-order valence-corrected chi connectivity index (χ4v) is 3.70. The molecule has 0 aromatic heterocycles. The summed E-state index contributed by atoms with van der Waals surface area (Å²) in [6.45, 7) is 5.71. The maximum Gasteiger partial charge on any atom is 0.338 e. The van der Waals surface area contributed by atoms with E-state index in [0.717, 1.165) is 30.5 Å². The molecular formula is C20H27N3O3. The van der Waals surface area contributed by atoms with E-state index in [-0.39, 0.29) is 6.03 Å². The third kappa shape index (κ3) is 3.90. The number of aryl methyl sites for hydroxylation is 1. The van der Waals surface area contributed by atoms with Crippen LogP contribution in [0.25, 0.3) is 0 Å². The van der Waals surface area contributed by atoms with Crippen molar-refractivity contribution in [3.8, 4) is 0 Å². The summed E-state index contributed by atoms with van der Waals surface area (Å²) < 4.78 is 5.04. The van der Waals surface area contributed by atoms with E-state index in [9.17, 15) is 9.59 Å². The Kier molecular flexibility index (Phi) is 5.61. The number of esters is 1. The molecule has 2 aliphatic rings. The molecular weight excluding hydrogens is 330 g/mol. The number of benzene rings is 1. The molecule has 0 unspecified atom stereocenters. The standard InChI is InChI=1S/C20H27N3O3/c1-13-7-9-15(10-8-13)18-17(19(24)26-3)16(21-20(25)22-18)12-23-11-5-4-6-14(23)2/h7-10,14,18H,4-6,11-12H2,1-3H3,(H2,21,22,25)/t14-,18-/m0/s1. The molecule has 0 aliphatic carbocycles. The number of hydrogen-bond donors (Lipinski definition) is 2. The highest BCUT2D eigenvalue weighted by molar-refractivity contribution is 5.95. The van der Waals surface area contributed by atoms with Crippen molar-refractivity contribution in [1.29, 1.82) is 0 Å². The van der Waals surface area contributed by atoms with E-state index in [1.54, 1.807) is 0 Å². The maximum absolute atomic E-state index is 12.6. The Labute approximate surface area is 154 Å². The SMILES string of the molecule is COC(=O)C1=C(CN2CCCC[C@@H]2C)NC(=O)N[C@H]1c1ccc(C)cc1. The Morgan fingerprint density at radius 3 is 2.65 bits per heavy atom. The molecule has 3 rings (SSSR count). The Balaban J connectivity index is 1.98. The lowest BCUT2D eigenvalue weighted by atomic mass is 9.93. The number of rotatable bonds is 4. The number of hydrogen-bond acceptors (Lipinski definition) is 4. The molecule has 2 atom stereocenters. The van der Waals surface area contributed by atoms with Crippen LogP contribution in [0.15, 0.2) is 35.5 Å². The largest absolute Gasteiger partial charge is 0.466 e. The first-order valence-electron chi connectivity index (χ1n) is 9.19. The Morgan fingerprint density at radius 2 is 2.00 bits per heavy atom. The number of piperidine rings is 1. The summed E-state index contributed by atoms with van der Waals surface area (Å²) in [5, 5.41) is 5.72. The zero-order chi connectivity index (χ0) is 18.7. The summed E-state index contributed by atoms with van der Waals surface area (Å²) in [5.74, 6) is -0.414. The van der Waals surface area contributed by atoms with Gasteiger partial charge in [-0.1, -0.05) is 36.2 Å². The molecule has 2 amide bonds. The van der Waals surface area contributed by atoms with Crippen LogP contribution in [0, 0.1) is 6.92 Å². The van der Waals surface area contributed by atoms with Crippen LogP contribution >= 0.6 is 0 Å². The Bertz CT molecular complexity index is 712. The summed E-state index contributed by atoms with van der Waals surface area (Å²) in [7, 11) is 1.37. The van der Waals surface area contributed by atoms with Crippen molar-refractivity contribution in [3.05, 3.63) is 46.7 Å². The van der Waals surface area contributed by atoms with Crippen molar-refractivity contribution in [1.82, 2.24) is 15.5 Å². The molecule has 140 valence electrons. The van der Waals surface area contributed by atoms with E-state index in [1.165, 1.54) is 13.5 Å². The van der Waals surface area contributed by atoms with Crippen molar-refractivity contribution in [2.45, 2.75) is 45.2 Å². The average molecular weight is 357 g/mol. The smallest absolute Gasteiger partial charge is 0.338 e. The monoisotopic (exact) mass is 357 g/mol. The number of urea groups is 1. The van der Waals surface area contributed by atoms with E-state index >= 15 is 0 Å². The zero-order valence-electron chi connectivity index (χ0n) is 15.7. The van der Waals surface area contributed by atoms with Gasteiger partial charge < -0.3 is 15.4 Å². The minimum absolute atomic E-state index is 0.289. The lowest BCUT2D eigenvalue weighted by molar-refractivity contribution is -0.136. The summed E-state index contributed by atoms with van der Waals surface area (Å²) >= 11 is 0. The van der Waals surface area contributed by atoms with Crippen LogP contribution in [-0.4, -0.2) is 43.1 Å². The van der Waals surface area contributed by atoms with Crippen LogP contribution in [-0.2, 0) is 9.53 Å². The molecule has 1 aromatic carbocycles. The second-order valence-corrected chi connectivity index (χ2v) is 7.14. The third-order valence-electron chi connectivity index (χ3n) is 5.27. The van der Waals surface area contributed by atoms with Gasteiger partial charge in [-0.2, -0.15) is 0 Å². The Hall–Kier alpha value is -2.34. The predicted octanol–water partition coefficient (Wildman–Crippen LogP) is 2.65. The molecule has 6 nitrogen and oxygen atoms in total. The van der Waals surface area contributed by atoms with Crippen molar-refractivity contribution in [3.63, 3.8) is 0 Å². The molecule has 1 saturated heterocycles. The normalized spacial score (nSPS) is 24.0. The zero-order valence-corrected chi connectivity index (χ0v) is 15.7. The molecule has 0 radical (unpaired) electrons. The van der Waals surface area contributed by atoms with Gasteiger partial charge in [0.15, 0.2) is 0 Å². The van der Waals surface area contributed by atoms with E-state index in [1.807, 2.05) is 31.2 Å². The minimum atomic E-state index is -0.508. The summed E-state index contributed by atoms with van der Waals surface area (Å²) in [5.41, 5.74) is 3.11. The molecule has 0 bridgehead atoms. The van der Waals surface area contributed by atoms with E-state index < -0.39 is 12.0 Å². The molecule has 2 N–H and O–H groups in total. The third-order valence-corrected chi connectivity index (χ3v) is 5.27. The predicted molar refractivity (Wildman–Crippen MR) is 99.5 cm³/mol. The van der Waals surface area contributed by atoms with Crippen molar-refractivity contribution < 1.29 is 14.3 Å². The lowest BCUT2D eigenvalue weighted by Crippen LogP contribution is -2.50. The highest BCUT2D eigenvalue weighted by Crippen LogP contribution is 2.29. The van der Waals surface area contributed by atoms with Crippen LogP contribution in [0.4, 0.5) is 4.79 Å². The number of nitrogens with zero attached hydrogens (tertiary/aromatic N) is 1. The maximum atomic E-state index is 12.6. The van der Waals surface area contributed by atoms with Gasteiger partial charge in [0.2, 0.25) is 0 Å². The van der Waals surface area contributed by atoms with Gasteiger partial charge >= 0.3 is 12.0 Å². The summed E-state index contributed by atoms with van der Waals surface area (Å²) in [6, 6.07) is 7.47. The van der Waals surface area contributed by atoms with Gasteiger partial charge in [0.1, 0.15) is 0 Å². The number of ether oxygens (including phenoxy) is 1. The highest BCUT2D eigenvalue weighted by atomic mass is 16.5. The molecule has 0 spiro atoms. The van der Waals surface area contributed by atoms with Gasteiger partial charge in [-0.25, -0.2) is 9.59 Å². The summed E-state index contributed by atoms with van der Waals surface area (Å²) in [6.07, 6.45) is 3.49.